The Morgan fingerprint density at radius 1 is 0.983 bits per heavy atom. The molecule has 8 rings (SSSR count). The number of piperidine rings is 1. The molecular weight excluding hydrogens is 744 g/mol. The van der Waals surface area contributed by atoms with Gasteiger partial charge in [0.1, 0.15) is 12.6 Å². The summed E-state index contributed by atoms with van der Waals surface area (Å²) in [4.78, 5) is 37.0. The number of cyclic esters (lactones) is 1. The maximum Gasteiger partial charge on any atom is 0.406 e. The highest BCUT2D eigenvalue weighted by Gasteiger charge is 2.37. The quantitative estimate of drug-likeness (QED) is 0.209. The van der Waals surface area contributed by atoms with E-state index in [1.807, 2.05) is 70.3 Å². The summed E-state index contributed by atoms with van der Waals surface area (Å²) in [6.07, 6.45) is 2.62. The number of nitrogens with zero attached hydrogens (tertiary/aromatic N) is 5. The lowest BCUT2D eigenvalue weighted by atomic mass is 9.83. The van der Waals surface area contributed by atoms with Crippen LogP contribution < -0.4 is 16.1 Å². The van der Waals surface area contributed by atoms with Gasteiger partial charge < -0.3 is 19.9 Å². The van der Waals surface area contributed by atoms with E-state index >= 15 is 0 Å². The fourth-order valence-electron chi connectivity index (χ4n) is 9.54. The van der Waals surface area contributed by atoms with Gasteiger partial charge in [0.25, 0.3) is 5.91 Å². The van der Waals surface area contributed by atoms with E-state index < -0.39 is 36.2 Å². The van der Waals surface area contributed by atoms with Gasteiger partial charge in [-0.2, -0.15) is 13.2 Å². The molecule has 2 aromatic heterocycles. The molecular formula is C45H56F3N7O3. The second-order valence-corrected chi connectivity index (χ2v) is 17.9. The number of anilines is 1. The first kappa shape index (κ1) is 40.3. The van der Waals surface area contributed by atoms with Gasteiger partial charge in [-0.25, -0.2) is 5.43 Å². The molecule has 0 unspecified atom stereocenters. The van der Waals surface area contributed by atoms with Gasteiger partial charge in [0.2, 0.25) is 0 Å². The van der Waals surface area contributed by atoms with Gasteiger partial charge >= 0.3 is 12.1 Å². The summed E-state index contributed by atoms with van der Waals surface area (Å²) in [6.45, 7) is 11.0. The summed E-state index contributed by atoms with van der Waals surface area (Å²) in [7, 11) is 0. The number of nitrogens with two attached hydrogens (primary N) is 1. The molecule has 10 nitrogen and oxygen atoms in total. The van der Waals surface area contributed by atoms with E-state index in [0.717, 1.165) is 66.2 Å². The van der Waals surface area contributed by atoms with Crippen molar-refractivity contribution in [2.45, 2.75) is 109 Å². The number of nitrogens with one attached hydrogen (secondary N) is 1. The van der Waals surface area contributed by atoms with E-state index in [4.69, 9.17) is 15.5 Å². The van der Waals surface area contributed by atoms with E-state index in [1.54, 1.807) is 6.07 Å². The number of ether oxygens (including phenoxy) is 1. The topological polar surface area (TPSA) is 109 Å². The molecule has 0 aliphatic carbocycles. The van der Waals surface area contributed by atoms with Gasteiger partial charge in [0.05, 0.1) is 35.9 Å². The number of piperazine rings is 1. The minimum atomic E-state index is -4.51. The Hall–Kier alpha value is -4.46. The van der Waals surface area contributed by atoms with Crippen molar-refractivity contribution in [3.05, 3.63) is 71.5 Å². The number of esters is 1. The van der Waals surface area contributed by atoms with Crippen molar-refractivity contribution in [2.24, 2.45) is 11.1 Å². The van der Waals surface area contributed by atoms with Crippen LogP contribution in [0.2, 0.25) is 0 Å². The molecule has 3 atom stereocenters. The van der Waals surface area contributed by atoms with Gasteiger partial charge in [0, 0.05) is 54.1 Å². The minimum absolute atomic E-state index is 0.0194. The minimum Gasteiger partial charge on any atom is -0.464 e. The Bertz CT molecular complexity index is 2180. The number of halogens is 3. The van der Waals surface area contributed by atoms with E-state index in [0.29, 0.717) is 54.0 Å². The Morgan fingerprint density at radius 3 is 2.59 bits per heavy atom. The molecule has 6 bridgehead atoms. The fraction of sp³-hybridized carbons (Fsp3) is 0.533. The summed E-state index contributed by atoms with van der Waals surface area (Å²) in [5, 5.41) is 2.15. The zero-order chi connectivity index (χ0) is 40.9. The number of aromatic nitrogens is 2. The fourth-order valence-corrected chi connectivity index (χ4v) is 9.54. The molecule has 3 N–H and O–H groups in total. The molecule has 4 aromatic rings. The van der Waals surface area contributed by atoms with Crippen LogP contribution >= 0.6 is 0 Å². The highest BCUT2D eigenvalue weighted by molar-refractivity contribution is 5.96. The first-order valence-electron chi connectivity index (χ1n) is 20.9. The lowest BCUT2D eigenvalue weighted by Gasteiger charge is -2.45. The highest BCUT2D eigenvalue weighted by atomic mass is 19.4. The van der Waals surface area contributed by atoms with Crippen LogP contribution in [-0.2, 0) is 33.7 Å². The Labute approximate surface area is 338 Å². The van der Waals surface area contributed by atoms with Crippen LogP contribution in [0.15, 0.2) is 54.7 Å². The normalized spacial score (nSPS) is 23.5. The van der Waals surface area contributed by atoms with Crippen molar-refractivity contribution < 1.29 is 27.5 Å². The molecule has 1 amide bonds. The number of pyridine rings is 1. The molecule has 0 spiro atoms. The van der Waals surface area contributed by atoms with Crippen LogP contribution in [0.1, 0.15) is 82.5 Å². The maximum absolute atomic E-state index is 14.9. The van der Waals surface area contributed by atoms with Crippen molar-refractivity contribution in [3.63, 3.8) is 0 Å². The summed E-state index contributed by atoms with van der Waals surface area (Å²) in [5.74, 6) is -0.854. The summed E-state index contributed by atoms with van der Waals surface area (Å²) in [5.41, 5.74) is 15.5. The molecule has 6 heterocycles. The van der Waals surface area contributed by atoms with Crippen molar-refractivity contribution in [3.8, 4) is 22.4 Å². The molecule has 13 heteroatoms. The number of hydrogen-bond acceptors (Lipinski definition) is 8. The molecule has 2 aromatic carbocycles. The van der Waals surface area contributed by atoms with Gasteiger partial charge in [0.15, 0.2) is 0 Å². The van der Waals surface area contributed by atoms with Gasteiger partial charge in [-0.15, -0.1) is 0 Å². The Kier molecular flexibility index (Phi) is 11.1. The van der Waals surface area contributed by atoms with Crippen LogP contribution in [0.5, 0.6) is 0 Å². The number of carbonyl (C=O) groups is 2. The first-order valence-corrected chi connectivity index (χ1v) is 20.9. The Balaban J connectivity index is 1.31. The molecule has 4 aliphatic rings. The van der Waals surface area contributed by atoms with Crippen LogP contribution in [-0.4, -0.2) is 95.0 Å². The van der Waals surface area contributed by atoms with Gasteiger partial charge in [-0.05, 0) is 91.4 Å². The highest BCUT2D eigenvalue weighted by Crippen LogP contribution is 2.44. The summed E-state index contributed by atoms with van der Waals surface area (Å²) >= 11 is 0. The largest absolute Gasteiger partial charge is 0.464 e. The van der Waals surface area contributed by atoms with Crippen LogP contribution in [0, 0.1) is 5.41 Å². The second kappa shape index (κ2) is 16.0. The van der Waals surface area contributed by atoms with Crippen molar-refractivity contribution in [1.82, 2.24) is 24.9 Å². The molecule has 4 aliphatic heterocycles. The average molecular weight is 800 g/mol. The van der Waals surface area contributed by atoms with Gasteiger partial charge in [-0.3, -0.25) is 24.5 Å². The standard InChI is InChI=1S/C45H56F3N7O3/c1-28(2)40-35(22-33(24-50-40)53-18-17-52-15-6-5-11-32(52)25-53)41-36-23-44(3,4)27-58-43(57)38-12-8-16-55(51-38)42(56)37(49)20-29-9-7-10-30(19-29)31-13-14-39(34(36)21-31)54(41)26-45(46,47)48/h7,9-10,13-14,19,21-22,24,28,32,37-38,51H,5-6,8,11-12,15-18,20,23,25-27,49H2,1-4H3/t32-,37+,38+/m1/s1. The molecule has 3 saturated heterocycles. The van der Waals surface area contributed by atoms with Crippen molar-refractivity contribution in [1.29, 1.82) is 0 Å². The van der Waals surface area contributed by atoms with E-state index in [9.17, 15) is 22.8 Å². The lowest BCUT2D eigenvalue weighted by molar-refractivity contribution is -0.155. The first-order chi connectivity index (χ1) is 27.6. The predicted molar refractivity (Wildman–Crippen MR) is 220 cm³/mol. The van der Waals surface area contributed by atoms with Crippen LogP contribution in [0.25, 0.3) is 33.3 Å². The zero-order valence-corrected chi connectivity index (χ0v) is 34.1. The zero-order valence-electron chi connectivity index (χ0n) is 34.1. The summed E-state index contributed by atoms with van der Waals surface area (Å²) < 4.78 is 52.0. The molecule has 58 heavy (non-hydrogen) atoms. The summed E-state index contributed by atoms with van der Waals surface area (Å²) in [6, 6.07) is 14.4. The number of rotatable bonds is 4. The Morgan fingerprint density at radius 2 is 1.79 bits per heavy atom. The smallest absolute Gasteiger partial charge is 0.406 e. The molecule has 0 saturated carbocycles. The van der Waals surface area contributed by atoms with Crippen molar-refractivity contribution in [2.75, 3.05) is 44.2 Å². The number of benzene rings is 2. The third-order valence-electron chi connectivity index (χ3n) is 12.4. The maximum atomic E-state index is 14.9. The number of hydrazine groups is 1. The lowest BCUT2D eigenvalue weighted by Crippen LogP contribution is -2.59. The van der Waals surface area contributed by atoms with E-state index in [-0.39, 0.29) is 24.9 Å². The third kappa shape index (κ3) is 8.35. The molecule has 310 valence electrons. The van der Waals surface area contributed by atoms with Crippen LogP contribution in [0.4, 0.5) is 18.9 Å². The third-order valence-corrected chi connectivity index (χ3v) is 12.4. The number of carbonyl (C=O) groups excluding carboxylic acids is 2. The van der Waals surface area contributed by atoms with Gasteiger partial charge in [-0.1, -0.05) is 64.4 Å². The van der Waals surface area contributed by atoms with Crippen LogP contribution in [0.3, 0.4) is 0 Å². The number of hydrogen-bond donors (Lipinski definition) is 2. The van der Waals surface area contributed by atoms with E-state index in [2.05, 4.69) is 21.3 Å². The number of amides is 1. The second-order valence-electron chi connectivity index (χ2n) is 17.9. The monoisotopic (exact) mass is 799 g/mol. The average Bonchev–Trinajstić information content (AvgIpc) is 3.48. The van der Waals surface area contributed by atoms with Crippen molar-refractivity contribution >= 4 is 28.5 Å². The van der Waals surface area contributed by atoms with E-state index in [1.165, 1.54) is 22.4 Å². The predicted octanol–water partition coefficient (Wildman–Crippen LogP) is 7.22. The number of fused-ring (bicyclic) bond motifs is 7. The SMILES string of the molecule is CC(C)c1ncc(N2CCN3CCCC[C@@H]3C2)cc1-c1c2c3cc(ccc3n1CC(F)(F)F)-c1cccc(c1)C[C@H](N)C(=O)N1CCC[C@H](N1)C(=O)OCC(C)(C)C2. The molecule has 3 fully saturated rings. The molecule has 0 radical (unpaired) electrons. The number of alkyl halides is 3.